The molecule has 0 bridgehead atoms. The quantitative estimate of drug-likeness (QED) is 0.120. The van der Waals surface area contributed by atoms with E-state index in [9.17, 15) is 24.0 Å². The molecule has 3 atom stereocenters. The van der Waals surface area contributed by atoms with Crippen LogP contribution < -0.4 is 27.4 Å². The van der Waals surface area contributed by atoms with Gasteiger partial charge >= 0.3 is 11.9 Å². The van der Waals surface area contributed by atoms with Gasteiger partial charge in [0, 0.05) is 6.42 Å². The second-order valence-corrected chi connectivity index (χ2v) is 7.82. The van der Waals surface area contributed by atoms with E-state index in [1.165, 1.54) is 11.8 Å². The molecule has 0 aromatic carbocycles. The van der Waals surface area contributed by atoms with Crippen LogP contribution in [0, 0.1) is 0 Å². The van der Waals surface area contributed by atoms with Gasteiger partial charge in [0.1, 0.15) is 18.6 Å². The molecular formula is C18H33N5O7S. The van der Waals surface area contributed by atoms with Crippen molar-refractivity contribution in [3.05, 3.63) is 0 Å². The summed E-state index contributed by atoms with van der Waals surface area (Å²) in [6.07, 6.45) is 3.09. The van der Waals surface area contributed by atoms with Crippen molar-refractivity contribution in [2.24, 2.45) is 11.5 Å². The van der Waals surface area contributed by atoms with E-state index in [1.54, 1.807) is 6.26 Å². The number of nitrogens with one attached hydrogen (secondary N) is 3. The third-order valence-electron chi connectivity index (χ3n) is 4.24. The van der Waals surface area contributed by atoms with Crippen LogP contribution >= 0.6 is 11.8 Å². The second kappa shape index (κ2) is 16.3. The lowest BCUT2D eigenvalue weighted by molar-refractivity contribution is -0.138. The van der Waals surface area contributed by atoms with Crippen LogP contribution in [0.25, 0.3) is 0 Å². The number of nitrogens with two attached hydrogens (primary N) is 2. The predicted octanol–water partition coefficient (Wildman–Crippen LogP) is -1.77. The first-order valence-corrected chi connectivity index (χ1v) is 11.3. The zero-order valence-electron chi connectivity index (χ0n) is 17.6. The van der Waals surface area contributed by atoms with Crippen LogP contribution in [0.2, 0.25) is 0 Å². The molecule has 0 aliphatic rings. The molecule has 178 valence electrons. The van der Waals surface area contributed by atoms with E-state index in [0.29, 0.717) is 31.6 Å². The smallest absolute Gasteiger partial charge is 0.322 e. The summed E-state index contributed by atoms with van der Waals surface area (Å²) in [5.74, 6) is -3.94. The number of amides is 3. The first-order chi connectivity index (χ1) is 14.6. The molecule has 0 heterocycles. The van der Waals surface area contributed by atoms with Gasteiger partial charge in [-0.15, -0.1) is 0 Å². The Kier molecular flexibility index (Phi) is 15.1. The molecule has 0 spiro atoms. The summed E-state index contributed by atoms with van der Waals surface area (Å²) < 4.78 is 0. The maximum Gasteiger partial charge on any atom is 0.322 e. The van der Waals surface area contributed by atoms with Gasteiger partial charge < -0.3 is 37.6 Å². The van der Waals surface area contributed by atoms with E-state index in [-0.39, 0.29) is 19.3 Å². The molecule has 0 radical (unpaired) electrons. The Balaban J connectivity index is 5.18. The van der Waals surface area contributed by atoms with Gasteiger partial charge in [-0.25, -0.2) is 0 Å². The van der Waals surface area contributed by atoms with Gasteiger partial charge in [-0.1, -0.05) is 6.42 Å². The van der Waals surface area contributed by atoms with Gasteiger partial charge in [0.2, 0.25) is 17.7 Å². The summed E-state index contributed by atoms with van der Waals surface area (Å²) >= 11 is 1.42. The maximum absolute atomic E-state index is 12.7. The molecule has 0 saturated heterocycles. The normalized spacial score (nSPS) is 13.5. The van der Waals surface area contributed by atoms with Crippen LogP contribution in [0.5, 0.6) is 0 Å². The summed E-state index contributed by atoms with van der Waals surface area (Å²) in [5.41, 5.74) is 11.2. The Morgan fingerprint density at radius 1 is 0.871 bits per heavy atom. The van der Waals surface area contributed by atoms with Gasteiger partial charge in [0.15, 0.2) is 0 Å². The number of aliphatic carboxylic acids is 2. The number of thioether (sulfide) groups is 1. The van der Waals surface area contributed by atoms with Crippen molar-refractivity contribution in [2.75, 3.05) is 25.1 Å². The number of carbonyl (C=O) groups excluding carboxylic acids is 3. The van der Waals surface area contributed by atoms with Gasteiger partial charge in [-0.05, 0) is 44.2 Å². The highest BCUT2D eigenvalue weighted by atomic mass is 32.2. The van der Waals surface area contributed by atoms with Crippen LogP contribution in [0.1, 0.15) is 38.5 Å². The van der Waals surface area contributed by atoms with Crippen LogP contribution in [-0.4, -0.2) is 83.1 Å². The number of carbonyl (C=O) groups is 5. The Morgan fingerprint density at radius 3 is 2.03 bits per heavy atom. The number of rotatable bonds is 17. The van der Waals surface area contributed by atoms with E-state index in [2.05, 4.69) is 16.0 Å². The van der Waals surface area contributed by atoms with Crippen LogP contribution in [-0.2, 0) is 24.0 Å². The van der Waals surface area contributed by atoms with Gasteiger partial charge in [0.05, 0.1) is 6.04 Å². The molecule has 0 aliphatic heterocycles. The maximum atomic E-state index is 12.7. The summed E-state index contributed by atoms with van der Waals surface area (Å²) in [4.78, 5) is 58.9. The molecule has 3 unspecified atom stereocenters. The lowest BCUT2D eigenvalue weighted by atomic mass is 10.1. The van der Waals surface area contributed by atoms with Gasteiger partial charge in [0.25, 0.3) is 0 Å². The third-order valence-corrected chi connectivity index (χ3v) is 4.89. The molecule has 0 saturated carbocycles. The molecule has 31 heavy (non-hydrogen) atoms. The van der Waals surface area contributed by atoms with E-state index in [1.807, 2.05) is 0 Å². The third kappa shape index (κ3) is 13.5. The van der Waals surface area contributed by atoms with Crippen molar-refractivity contribution in [1.82, 2.24) is 16.0 Å². The number of hydrogen-bond acceptors (Lipinski definition) is 8. The number of carboxylic acid groups (broad SMARTS) is 2. The van der Waals surface area contributed by atoms with Crippen molar-refractivity contribution in [3.63, 3.8) is 0 Å². The molecule has 0 rings (SSSR count). The van der Waals surface area contributed by atoms with Crippen molar-refractivity contribution in [1.29, 1.82) is 0 Å². The minimum Gasteiger partial charge on any atom is -0.481 e. The van der Waals surface area contributed by atoms with Crippen LogP contribution in [0.15, 0.2) is 0 Å². The molecule has 0 fully saturated rings. The Hall–Kier alpha value is -2.38. The standard InChI is InChI=1S/C18H33N5O7S/c1-31-9-7-13(17(29)21-10-15(26)27)23-18(30)12(5-6-14(24)25)22-16(28)11(20)4-2-3-8-19/h11-13H,2-10,19-20H2,1H3,(H,21,29)(H,22,28)(H,23,30)(H,24,25)(H,26,27). The second-order valence-electron chi connectivity index (χ2n) is 6.84. The summed E-state index contributed by atoms with van der Waals surface area (Å²) in [6, 6.07) is -3.15. The molecule has 13 heteroatoms. The van der Waals surface area contributed by atoms with E-state index in [4.69, 9.17) is 21.7 Å². The minimum absolute atomic E-state index is 0.200. The SMILES string of the molecule is CSCCC(NC(=O)C(CCC(=O)O)NC(=O)C(N)CCCCN)C(=O)NCC(=O)O. The Labute approximate surface area is 185 Å². The zero-order chi connectivity index (χ0) is 23.8. The van der Waals surface area contributed by atoms with Gasteiger partial charge in [-0.3, -0.25) is 24.0 Å². The molecule has 0 aromatic rings. The lowest BCUT2D eigenvalue weighted by Gasteiger charge is -2.23. The van der Waals surface area contributed by atoms with Crippen molar-refractivity contribution < 1.29 is 34.2 Å². The summed E-state index contributed by atoms with van der Waals surface area (Å²) in [6.45, 7) is -0.152. The lowest BCUT2D eigenvalue weighted by Crippen LogP contribution is -2.56. The first-order valence-electron chi connectivity index (χ1n) is 9.89. The van der Waals surface area contributed by atoms with Crippen LogP contribution in [0.4, 0.5) is 0 Å². The number of hydrogen-bond donors (Lipinski definition) is 7. The molecular weight excluding hydrogens is 430 g/mol. The van der Waals surface area contributed by atoms with Crippen molar-refractivity contribution >= 4 is 41.4 Å². The summed E-state index contributed by atoms with van der Waals surface area (Å²) in [5, 5.41) is 24.8. The highest BCUT2D eigenvalue weighted by Crippen LogP contribution is 2.06. The topological polar surface area (TPSA) is 214 Å². The minimum atomic E-state index is -1.24. The fourth-order valence-corrected chi connectivity index (χ4v) is 2.99. The number of unbranched alkanes of at least 4 members (excludes halogenated alkanes) is 1. The van der Waals surface area contributed by atoms with Crippen molar-refractivity contribution in [3.8, 4) is 0 Å². The number of carboxylic acids is 2. The monoisotopic (exact) mass is 463 g/mol. The highest BCUT2D eigenvalue weighted by Gasteiger charge is 2.28. The molecule has 0 aliphatic carbocycles. The average Bonchev–Trinajstić information content (AvgIpc) is 2.71. The molecule has 0 aromatic heterocycles. The summed E-state index contributed by atoms with van der Waals surface area (Å²) in [7, 11) is 0. The van der Waals surface area contributed by atoms with E-state index >= 15 is 0 Å². The Morgan fingerprint density at radius 2 is 1.48 bits per heavy atom. The first kappa shape index (κ1) is 28.6. The van der Waals surface area contributed by atoms with Gasteiger partial charge in [-0.2, -0.15) is 11.8 Å². The predicted molar refractivity (Wildman–Crippen MR) is 115 cm³/mol. The fraction of sp³-hybridized carbons (Fsp3) is 0.722. The van der Waals surface area contributed by atoms with Crippen molar-refractivity contribution in [2.45, 2.75) is 56.7 Å². The molecule has 3 amide bonds. The van der Waals surface area contributed by atoms with E-state index in [0.717, 1.165) is 0 Å². The Bertz CT molecular complexity index is 620. The molecule has 12 nitrogen and oxygen atoms in total. The zero-order valence-corrected chi connectivity index (χ0v) is 18.4. The average molecular weight is 464 g/mol. The van der Waals surface area contributed by atoms with E-state index < -0.39 is 54.3 Å². The largest absolute Gasteiger partial charge is 0.481 e. The molecule has 9 N–H and O–H groups in total. The van der Waals surface area contributed by atoms with Crippen LogP contribution in [0.3, 0.4) is 0 Å². The highest BCUT2D eigenvalue weighted by molar-refractivity contribution is 7.98. The fourth-order valence-electron chi connectivity index (χ4n) is 2.52.